The quantitative estimate of drug-likeness (QED) is 0.125. The van der Waals surface area contributed by atoms with Gasteiger partial charge in [0.2, 0.25) is 0 Å². The molecule has 0 aromatic heterocycles. The Bertz CT molecular complexity index is 1780. The first kappa shape index (κ1) is 27.4. The number of nitro benzene ring substituents is 1. The molecule has 11 heteroatoms. The molecule has 4 aromatic rings. The minimum absolute atomic E-state index is 0.0665. The molecule has 5 rings (SSSR count). The Balaban J connectivity index is 1.46. The molecule has 4 amide bonds. The molecule has 0 aliphatic carbocycles. The van der Waals surface area contributed by atoms with Crippen LogP contribution >= 0.6 is 11.6 Å². The zero-order chi connectivity index (χ0) is 29.3. The third kappa shape index (κ3) is 5.32. The summed E-state index contributed by atoms with van der Waals surface area (Å²) in [5.74, 6) is -1.35. The van der Waals surface area contributed by atoms with Gasteiger partial charge >= 0.3 is 6.03 Å². The third-order valence-corrected chi connectivity index (χ3v) is 6.88. The van der Waals surface area contributed by atoms with Gasteiger partial charge in [0, 0.05) is 17.7 Å². The van der Waals surface area contributed by atoms with E-state index in [1.807, 2.05) is 43.3 Å². The van der Waals surface area contributed by atoms with Gasteiger partial charge in [0.25, 0.3) is 17.5 Å². The van der Waals surface area contributed by atoms with Crippen molar-refractivity contribution in [2.75, 3.05) is 12.0 Å². The number of carbonyl (C=O) groups is 3. The summed E-state index contributed by atoms with van der Waals surface area (Å²) in [7, 11) is 1.43. The first-order chi connectivity index (χ1) is 19.7. The van der Waals surface area contributed by atoms with Crippen molar-refractivity contribution in [2.45, 2.75) is 13.5 Å². The zero-order valence-electron chi connectivity index (χ0n) is 21.8. The maximum Gasteiger partial charge on any atom is 0.335 e. The van der Waals surface area contributed by atoms with Crippen molar-refractivity contribution in [3.8, 4) is 11.5 Å². The van der Waals surface area contributed by atoms with Crippen LogP contribution in [0.2, 0.25) is 5.02 Å². The standard InChI is InChI=1S/C30H22ClN3O7/c1-17-10-11-19-6-3-4-9-22(19)24(17)16-41-27-25(31)13-18(14-26(27)40-2)12-23-28(35)32-30(37)33(29(23)36)20-7-5-8-21(15-20)34(38)39/h3-15H,16H2,1-2H3,(H,32,35,37)/b23-12+. The number of hydrogen-bond donors (Lipinski definition) is 1. The van der Waals surface area contributed by atoms with Gasteiger partial charge in [0.1, 0.15) is 12.2 Å². The second-order valence-electron chi connectivity index (χ2n) is 9.14. The number of nitrogens with zero attached hydrogens (tertiary/aromatic N) is 2. The van der Waals surface area contributed by atoms with Crippen molar-refractivity contribution in [3.63, 3.8) is 0 Å². The molecule has 206 valence electrons. The molecule has 0 radical (unpaired) electrons. The van der Waals surface area contributed by atoms with Gasteiger partial charge in [0.05, 0.1) is 22.7 Å². The van der Waals surface area contributed by atoms with Crippen molar-refractivity contribution < 1.29 is 28.8 Å². The number of nitrogens with one attached hydrogen (secondary N) is 1. The number of fused-ring (bicyclic) bond motifs is 1. The molecule has 1 N–H and O–H groups in total. The lowest BCUT2D eigenvalue weighted by molar-refractivity contribution is -0.384. The fourth-order valence-electron chi connectivity index (χ4n) is 4.55. The number of non-ortho nitro benzene ring substituents is 1. The number of methoxy groups -OCH3 is 1. The maximum atomic E-state index is 13.3. The summed E-state index contributed by atoms with van der Waals surface area (Å²) in [5, 5.41) is 15.6. The van der Waals surface area contributed by atoms with Gasteiger partial charge < -0.3 is 9.47 Å². The van der Waals surface area contributed by atoms with E-state index < -0.39 is 22.8 Å². The van der Waals surface area contributed by atoms with E-state index >= 15 is 0 Å². The van der Waals surface area contributed by atoms with Crippen LogP contribution in [0.1, 0.15) is 16.7 Å². The first-order valence-corrected chi connectivity index (χ1v) is 12.7. The maximum absolute atomic E-state index is 13.3. The van der Waals surface area contributed by atoms with E-state index in [0.29, 0.717) is 10.5 Å². The number of barbiturate groups is 1. The summed E-state index contributed by atoms with van der Waals surface area (Å²) in [6, 6.07) is 19.0. The number of hydrogen-bond acceptors (Lipinski definition) is 7. The second-order valence-corrected chi connectivity index (χ2v) is 9.55. The summed E-state index contributed by atoms with van der Waals surface area (Å²) in [6.07, 6.45) is 1.25. The van der Waals surface area contributed by atoms with Crippen molar-refractivity contribution in [1.82, 2.24) is 5.32 Å². The molecule has 0 unspecified atom stereocenters. The lowest BCUT2D eigenvalue weighted by atomic mass is 10.0. The highest BCUT2D eigenvalue weighted by molar-refractivity contribution is 6.39. The SMILES string of the molecule is COc1cc(/C=C2\C(=O)NC(=O)N(c3cccc([N+](=O)[O-])c3)C2=O)cc(Cl)c1OCc1c(C)ccc2ccccc12. The Labute approximate surface area is 238 Å². The largest absolute Gasteiger partial charge is 0.493 e. The Morgan fingerprint density at radius 1 is 1.02 bits per heavy atom. The smallest absolute Gasteiger partial charge is 0.335 e. The molecule has 0 atom stereocenters. The number of anilines is 1. The molecular weight excluding hydrogens is 550 g/mol. The fraction of sp³-hybridized carbons (Fsp3) is 0.100. The van der Waals surface area contributed by atoms with Crippen LogP contribution in [0.4, 0.5) is 16.2 Å². The number of rotatable bonds is 7. The molecule has 1 aliphatic heterocycles. The number of nitro groups is 1. The van der Waals surface area contributed by atoms with E-state index in [2.05, 4.69) is 5.32 Å². The monoisotopic (exact) mass is 571 g/mol. The number of urea groups is 1. The predicted octanol–water partition coefficient (Wildman–Crippen LogP) is 5.96. The Hall–Kier alpha value is -5.22. The fourth-order valence-corrected chi connectivity index (χ4v) is 4.82. The van der Waals surface area contributed by atoms with Crippen LogP contribution in [0.15, 0.2) is 78.4 Å². The zero-order valence-corrected chi connectivity index (χ0v) is 22.6. The highest BCUT2D eigenvalue weighted by atomic mass is 35.5. The molecule has 10 nitrogen and oxygen atoms in total. The molecule has 0 spiro atoms. The highest BCUT2D eigenvalue weighted by Crippen LogP contribution is 2.38. The summed E-state index contributed by atoms with van der Waals surface area (Å²) < 4.78 is 11.6. The average molecular weight is 572 g/mol. The first-order valence-electron chi connectivity index (χ1n) is 12.3. The van der Waals surface area contributed by atoms with Crippen LogP contribution in [-0.2, 0) is 16.2 Å². The lowest BCUT2D eigenvalue weighted by Gasteiger charge is -2.26. The van der Waals surface area contributed by atoms with Gasteiger partial charge in [-0.3, -0.25) is 25.0 Å². The van der Waals surface area contributed by atoms with E-state index in [0.717, 1.165) is 28.0 Å². The normalized spacial score (nSPS) is 14.4. The molecule has 4 aromatic carbocycles. The van der Waals surface area contributed by atoms with E-state index in [4.69, 9.17) is 21.1 Å². The predicted molar refractivity (Wildman–Crippen MR) is 153 cm³/mol. The Morgan fingerprint density at radius 3 is 2.56 bits per heavy atom. The number of amides is 4. The second kappa shape index (κ2) is 11.1. The third-order valence-electron chi connectivity index (χ3n) is 6.60. The molecular formula is C30H22ClN3O7. The number of imide groups is 2. The van der Waals surface area contributed by atoms with Gasteiger partial charge in [-0.25, -0.2) is 9.69 Å². The van der Waals surface area contributed by atoms with E-state index in [-0.39, 0.29) is 40.1 Å². The summed E-state index contributed by atoms with van der Waals surface area (Å²) >= 11 is 6.57. The topological polar surface area (TPSA) is 128 Å². The molecule has 1 saturated heterocycles. The van der Waals surface area contributed by atoms with E-state index in [9.17, 15) is 24.5 Å². The van der Waals surface area contributed by atoms with Crippen LogP contribution in [-0.4, -0.2) is 29.9 Å². The Morgan fingerprint density at radius 2 is 1.80 bits per heavy atom. The number of halogens is 1. The van der Waals surface area contributed by atoms with Crippen LogP contribution in [0.3, 0.4) is 0 Å². The van der Waals surface area contributed by atoms with Gasteiger partial charge in [-0.2, -0.15) is 0 Å². The minimum atomic E-state index is -1.03. The number of benzene rings is 4. The van der Waals surface area contributed by atoms with Crippen molar-refractivity contribution in [2.24, 2.45) is 0 Å². The number of carbonyl (C=O) groups excluding carboxylic acids is 3. The molecule has 0 bridgehead atoms. The number of ether oxygens (including phenoxy) is 2. The van der Waals surface area contributed by atoms with Crippen LogP contribution in [0.25, 0.3) is 16.8 Å². The van der Waals surface area contributed by atoms with Crippen LogP contribution in [0, 0.1) is 17.0 Å². The van der Waals surface area contributed by atoms with Crippen LogP contribution in [0.5, 0.6) is 11.5 Å². The van der Waals surface area contributed by atoms with Crippen molar-refractivity contribution >= 4 is 57.7 Å². The summed E-state index contributed by atoms with van der Waals surface area (Å²) in [5.41, 5.74) is 1.59. The lowest BCUT2D eigenvalue weighted by Crippen LogP contribution is -2.54. The van der Waals surface area contributed by atoms with Gasteiger partial charge in [-0.05, 0) is 53.1 Å². The molecule has 1 fully saturated rings. The highest BCUT2D eigenvalue weighted by Gasteiger charge is 2.37. The summed E-state index contributed by atoms with van der Waals surface area (Å²) in [6.45, 7) is 2.21. The number of aryl methyl sites for hydroxylation is 1. The van der Waals surface area contributed by atoms with Gasteiger partial charge in [-0.1, -0.05) is 54.1 Å². The van der Waals surface area contributed by atoms with E-state index in [1.165, 1.54) is 37.5 Å². The van der Waals surface area contributed by atoms with Crippen molar-refractivity contribution in [3.05, 3.63) is 110 Å². The Kier molecular flexibility index (Phi) is 7.41. The van der Waals surface area contributed by atoms with Crippen LogP contribution < -0.4 is 19.7 Å². The van der Waals surface area contributed by atoms with E-state index in [1.54, 1.807) is 6.07 Å². The average Bonchev–Trinajstić information content (AvgIpc) is 2.95. The molecule has 0 saturated carbocycles. The van der Waals surface area contributed by atoms with Gasteiger partial charge in [-0.15, -0.1) is 0 Å². The summed E-state index contributed by atoms with van der Waals surface area (Å²) in [4.78, 5) is 49.6. The van der Waals surface area contributed by atoms with Gasteiger partial charge in [0.15, 0.2) is 11.5 Å². The minimum Gasteiger partial charge on any atom is -0.493 e. The molecule has 1 heterocycles. The van der Waals surface area contributed by atoms with Crippen molar-refractivity contribution in [1.29, 1.82) is 0 Å². The molecule has 41 heavy (non-hydrogen) atoms. The molecule has 1 aliphatic rings.